The van der Waals surface area contributed by atoms with E-state index in [1.54, 1.807) is 12.4 Å². The molecule has 2 aromatic rings. The number of pyridine rings is 2. The highest BCUT2D eigenvalue weighted by Crippen LogP contribution is 2.32. The van der Waals surface area contributed by atoms with Gasteiger partial charge >= 0.3 is 0 Å². The SMILES string of the molecule is Cc1cccnc1-c1cc(N2CCC(C(=O)NC3CCC(O)CC3)CC2)ncc1Cl. The van der Waals surface area contributed by atoms with Crippen LogP contribution < -0.4 is 10.2 Å². The van der Waals surface area contributed by atoms with Crippen LogP contribution in [0.4, 0.5) is 5.82 Å². The number of piperidine rings is 1. The molecule has 2 fully saturated rings. The van der Waals surface area contributed by atoms with E-state index in [1.807, 2.05) is 25.1 Å². The summed E-state index contributed by atoms with van der Waals surface area (Å²) in [5, 5.41) is 13.4. The van der Waals surface area contributed by atoms with E-state index >= 15 is 0 Å². The number of aliphatic hydroxyl groups excluding tert-OH is 1. The normalized spacial score (nSPS) is 22.7. The summed E-state index contributed by atoms with van der Waals surface area (Å²) in [6, 6.07) is 6.16. The van der Waals surface area contributed by atoms with Crippen molar-refractivity contribution in [2.75, 3.05) is 18.0 Å². The van der Waals surface area contributed by atoms with Crippen molar-refractivity contribution >= 4 is 23.3 Å². The summed E-state index contributed by atoms with van der Waals surface area (Å²) >= 11 is 6.42. The lowest BCUT2D eigenvalue weighted by atomic mass is 9.91. The van der Waals surface area contributed by atoms with Crippen LogP contribution >= 0.6 is 11.6 Å². The number of hydrogen-bond donors (Lipinski definition) is 2. The highest BCUT2D eigenvalue weighted by atomic mass is 35.5. The Balaban J connectivity index is 1.38. The van der Waals surface area contributed by atoms with Gasteiger partial charge in [-0.25, -0.2) is 4.98 Å². The first-order valence-electron chi connectivity index (χ1n) is 10.8. The highest BCUT2D eigenvalue weighted by molar-refractivity contribution is 6.33. The van der Waals surface area contributed by atoms with Crippen LogP contribution in [0.1, 0.15) is 44.1 Å². The fraction of sp³-hybridized carbons (Fsp3) is 0.522. The molecule has 160 valence electrons. The minimum atomic E-state index is -0.201. The lowest BCUT2D eigenvalue weighted by Crippen LogP contribution is -2.45. The maximum atomic E-state index is 12.7. The molecule has 1 aliphatic carbocycles. The van der Waals surface area contributed by atoms with Crippen LogP contribution in [0.5, 0.6) is 0 Å². The molecule has 7 heteroatoms. The number of aliphatic hydroxyl groups is 1. The zero-order valence-electron chi connectivity index (χ0n) is 17.4. The van der Waals surface area contributed by atoms with Gasteiger partial charge in [-0.2, -0.15) is 0 Å². The van der Waals surface area contributed by atoms with Gasteiger partial charge in [0.15, 0.2) is 0 Å². The Morgan fingerprint density at radius 3 is 2.60 bits per heavy atom. The molecule has 0 radical (unpaired) electrons. The third-order valence-electron chi connectivity index (χ3n) is 6.34. The van der Waals surface area contributed by atoms with Crippen LogP contribution in [-0.4, -0.2) is 46.2 Å². The van der Waals surface area contributed by atoms with Gasteiger partial charge in [0.2, 0.25) is 5.91 Å². The van der Waals surface area contributed by atoms with Gasteiger partial charge in [0.25, 0.3) is 0 Å². The average Bonchev–Trinajstić information content (AvgIpc) is 2.76. The molecule has 6 nitrogen and oxygen atoms in total. The first kappa shape index (κ1) is 21.1. The van der Waals surface area contributed by atoms with Crippen molar-refractivity contribution < 1.29 is 9.90 Å². The number of nitrogens with zero attached hydrogens (tertiary/aromatic N) is 3. The maximum Gasteiger partial charge on any atom is 0.223 e. The molecule has 1 saturated carbocycles. The van der Waals surface area contributed by atoms with E-state index in [1.165, 1.54) is 0 Å². The van der Waals surface area contributed by atoms with E-state index in [0.29, 0.717) is 5.02 Å². The molecule has 4 rings (SSSR count). The third kappa shape index (κ3) is 4.76. The number of anilines is 1. The fourth-order valence-electron chi connectivity index (χ4n) is 4.46. The van der Waals surface area contributed by atoms with Crippen molar-refractivity contribution in [3.05, 3.63) is 41.2 Å². The molecule has 0 unspecified atom stereocenters. The first-order valence-corrected chi connectivity index (χ1v) is 11.2. The number of carbonyl (C=O) groups excluding carboxylic acids is 1. The van der Waals surface area contributed by atoms with E-state index in [9.17, 15) is 9.90 Å². The molecular formula is C23H29ClN4O2. The quantitative estimate of drug-likeness (QED) is 0.775. The van der Waals surface area contributed by atoms with Gasteiger partial charge in [-0.3, -0.25) is 9.78 Å². The molecule has 1 amide bonds. The maximum absolute atomic E-state index is 12.7. The second-order valence-corrected chi connectivity index (χ2v) is 8.87. The van der Waals surface area contributed by atoms with Crippen molar-refractivity contribution in [3.63, 3.8) is 0 Å². The number of carbonyl (C=O) groups is 1. The second-order valence-electron chi connectivity index (χ2n) is 8.47. The van der Waals surface area contributed by atoms with Crippen LogP contribution in [-0.2, 0) is 4.79 Å². The topological polar surface area (TPSA) is 78.4 Å². The number of hydrogen-bond acceptors (Lipinski definition) is 5. The molecule has 0 bridgehead atoms. The van der Waals surface area contributed by atoms with E-state index in [0.717, 1.165) is 74.3 Å². The van der Waals surface area contributed by atoms with Crippen molar-refractivity contribution in [2.45, 2.75) is 57.6 Å². The van der Waals surface area contributed by atoms with Gasteiger partial charge in [-0.1, -0.05) is 17.7 Å². The average molecular weight is 429 g/mol. The van der Waals surface area contributed by atoms with Crippen LogP contribution in [0, 0.1) is 12.8 Å². The fourth-order valence-corrected chi connectivity index (χ4v) is 4.65. The Labute approximate surface area is 182 Å². The summed E-state index contributed by atoms with van der Waals surface area (Å²) in [6.45, 7) is 3.60. The van der Waals surface area contributed by atoms with Crippen molar-refractivity contribution in [3.8, 4) is 11.3 Å². The molecule has 2 N–H and O–H groups in total. The van der Waals surface area contributed by atoms with Gasteiger partial charge in [0, 0.05) is 43.0 Å². The summed E-state index contributed by atoms with van der Waals surface area (Å²) in [7, 11) is 0. The second kappa shape index (κ2) is 9.31. The lowest BCUT2D eigenvalue weighted by Gasteiger charge is -2.34. The Hall–Kier alpha value is -2.18. The van der Waals surface area contributed by atoms with Gasteiger partial charge in [-0.05, 0) is 63.1 Å². The summed E-state index contributed by atoms with van der Waals surface area (Å²) in [5.41, 5.74) is 2.83. The predicted molar refractivity (Wildman–Crippen MR) is 119 cm³/mol. The summed E-state index contributed by atoms with van der Waals surface area (Å²) < 4.78 is 0. The zero-order chi connectivity index (χ0) is 21.1. The number of amides is 1. The number of aryl methyl sites for hydroxylation is 1. The number of aromatic nitrogens is 2. The van der Waals surface area contributed by atoms with Crippen LogP contribution in [0.3, 0.4) is 0 Å². The smallest absolute Gasteiger partial charge is 0.223 e. The highest BCUT2D eigenvalue weighted by Gasteiger charge is 2.28. The predicted octanol–water partition coefficient (Wildman–Crippen LogP) is 3.74. The molecule has 3 heterocycles. The molecule has 30 heavy (non-hydrogen) atoms. The van der Waals surface area contributed by atoms with Crippen LogP contribution in [0.15, 0.2) is 30.6 Å². The monoisotopic (exact) mass is 428 g/mol. The Kier molecular flexibility index (Phi) is 6.54. The molecule has 0 aromatic carbocycles. The van der Waals surface area contributed by atoms with E-state index in [-0.39, 0.29) is 24.0 Å². The van der Waals surface area contributed by atoms with Gasteiger partial charge in [-0.15, -0.1) is 0 Å². The lowest BCUT2D eigenvalue weighted by molar-refractivity contribution is -0.126. The molecule has 1 saturated heterocycles. The zero-order valence-corrected chi connectivity index (χ0v) is 18.1. The minimum absolute atomic E-state index is 0.0397. The Bertz CT molecular complexity index is 891. The van der Waals surface area contributed by atoms with E-state index in [2.05, 4.69) is 20.2 Å². The van der Waals surface area contributed by atoms with Gasteiger partial charge in [0.1, 0.15) is 5.82 Å². The third-order valence-corrected chi connectivity index (χ3v) is 6.64. The van der Waals surface area contributed by atoms with Gasteiger partial charge in [0.05, 0.1) is 16.8 Å². The van der Waals surface area contributed by atoms with Crippen molar-refractivity contribution in [1.82, 2.24) is 15.3 Å². The number of halogens is 1. The Morgan fingerprint density at radius 1 is 1.17 bits per heavy atom. The molecule has 1 aliphatic heterocycles. The van der Waals surface area contributed by atoms with E-state index < -0.39 is 0 Å². The van der Waals surface area contributed by atoms with Crippen LogP contribution in [0.25, 0.3) is 11.3 Å². The molecule has 0 atom stereocenters. The first-order chi connectivity index (χ1) is 14.5. The van der Waals surface area contributed by atoms with Gasteiger partial charge < -0.3 is 15.3 Å². The largest absolute Gasteiger partial charge is 0.393 e. The summed E-state index contributed by atoms with van der Waals surface area (Å²) in [4.78, 5) is 23.9. The number of nitrogens with one attached hydrogen (secondary N) is 1. The molecular weight excluding hydrogens is 400 g/mol. The standard InChI is InChI=1S/C23H29ClN4O2/c1-15-3-2-10-25-22(15)19-13-21(26-14-20(19)24)28-11-8-16(9-12-28)23(30)27-17-4-6-18(29)7-5-17/h2-3,10,13-14,16-18,29H,4-9,11-12H2,1H3,(H,27,30). The molecule has 2 aromatic heterocycles. The van der Waals surface area contributed by atoms with Crippen molar-refractivity contribution in [1.29, 1.82) is 0 Å². The number of rotatable bonds is 4. The van der Waals surface area contributed by atoms with Crippen molar-refractivity contribution in [2.24, 2.45) is 5.92 Å². The summed E-state index contributed by atoms with van der Waals surface area (Å²) in [6.07, 6.45) is 8.19. The summed E-state index contributed by atoms with van der Waals surface area (Å²) in [5.74, 6) is 1.07. The van der Waals surface area contributed by atoms with Crippen LogP contribution in [0.2, 0.25) is 5.02 Å². The van der Waals surface area contributed by atoms with E-state index in [4.69, 9.17) is 11.6 Å². The minimum Gasteiger partial charge on any atom is -0.393 e. The molecule has 2 aliphatic rings. The Morgan fingerprint density at radius 2 is 1.90 bits per heavy atom. The molecule has 0 spiro atoms.